The Morgan fingerprint density at radius 2 is 1.72 bits per heavy atom. The first-order valence-corrected chi connectivity index (χ1v) is 6.05. The van der Waals surface area contributed by atoms with Gasteiger partial charge in [0, 0.05) is 13.5 Å². The Bertz CT molecular complexity index is 233. The van der Waals surface area contributed by atoms with Crippen molar-refractivity contribution in [2.75, 3.05) is 13.1 Å². The molecule has 0 aliphatic rings. The number of hydrogen-bond donors (Lipinski definition) is 3. The number of nitrogens with one attached hydrogen (secondary N) is 1. The largest absolute Gasteiger partial charge is 0.481 e. The lowest BCUT2D eigenvalue weighted by molar-refractivity contribution is -0.134. The van der Waals surface area contributed by atoms with E-state index >= 15 is 0 Å². The van der Waals surface area contributed by atoms with Crippen molar-refractivity contribution in [3.8, 4) is 0 Å². The number of ether oxygens (including phenoxy) is 1. The number of amides is 1. The molecule has 0 bridgehead atoms. The summed E-state index contributed by atoms with van der Waals surface area (Å²) in [5.41, 5.74) is 4.93. The molecule has 0 saturated heterocycles. The zero-order chi connectivity index (χ0) is 14.6. The number of carbonyl (C=O) groups excluding carboxylic acids is 1. The molecule has 0 atom stereocenters. The molecule has 0 saturated carbocycles. The molecule has 0 radical (unpaired) electrons. The average Bonchev–Trinajstić information content (AvgIpc) is 2.13. The van der Waals surface area contributed by atoms with Crippen molar-refractivity contribution in [3.05, 3.63) is 0 Å². The molecule has 0 rings (SSSR count). The number of alkyl carbamates (subject to hydrolysis) is 1. The van der Waals surface area contributed by atoms with Crippen molar-refractivity contribution in [1.29, 1.82) is 0 Å². The smallest absolute Gasteiger partial charge is 0.407 e. The van der Waals surface area contributed by atoms with E-state index in [1.807, 2.05) is 20.8 Å². The maximum absolute atomic E-state index is 11.1. The monoisotopic (exact) mass is 262 g/mol. The topological polar surface area (TPSA) is 102 Å². The predicted octanol–water partition coefficient (Wildman–Crippen LogP) is 1.73. The van der Waals surface area contributed by atoms with E-state index in [1.54, 1.807) is 0 Å². The summed E-state index contributed by atoms with van der Waals surface area (Å²) in [6, 6.07) is 0. The second kappa shape index (κ2) is 10.8. The highest BCUT2D eigenvalue weighted by Gasteiger charge is 2.15. The van der Waals surface area contributed by atoms with Crippen molar-refractivity contribution in [1.82, 2.24) is 5.32 Å². The van der Waals surface area contributed by atoms with Crippen LogP contribution < -0.4 is 11.1 Å². The first kappa shape index (κ1) is 19.0. The third-order valence-corrected chi connectivity index (χ3v) is 1.55. The number of hydrogen-bond acceptors (Lipinski definition) is 4. The first-order valence-electron chi connectivity index (χ1n) is 6.05. The van der Waals surface area contributed by atoms with E-state index in [0.29, 0.717) is 13.1 Å². The quantitative estimate of drug-likeness (QED) is 0.655. The predicted molar refractivity (Wildman–Crippen MR) is 70.5 cm³/mol. The summed E-state index contributed by atoms with van der Waals surface area (Å²) in [7, 11) is 0. The molecule has 0 aromatic rings. The Labute approximate surface area is 109 Å². The molecule has 0 aliphatic heterocycles. The van der Waals surface area contributed by atoms with Crippen molar-refractivity contribution in [2.24, 2.45) is 5.73 Å². The van der Waals surface area contributed by atoms with Crippen LogP contribution in [0.1, 0.15) is 47.0 Å². The van der Waals surface area contributed by atoms with Crippen LogP contribution in [0.4, 0.5) is 4.79 Å². The SMILES string of the molecule is CC(=O)O.CC(C)(C)OC(=O)NCCCCCN. The third-order valence-electron chi connectivity index (χ3n) is 1.55. The Balaban J connectivity index is 0. The van der Waals surface area contributed by atoms with Crippen molar-refractivity contribution >= 4 is 12.1 Å². The number of nitrogens with two attached hydrogens (primary N) is 1. The normalized spacial score (nSPS) is 10.1. The zero-order valence-corrected chi connectivity index (χ0v) is 11.8. The van der Waals surface area contributed by atoms with Gasteiger partial charge in [0.05, 0.1) is 0 Å². The van der Waals surface area contributed by atoms with Crippen LogP contribution in [0.2, 0.25) is 0 Å². The molecule has 0 aromatic carbocycles. The van der Waals surface area contributed by atoms with Crippen molar-refractivity contribution in [2.45, 2.75) is 52.6 Å². The molecule has 0 unspecified atom stereocenters. The van der Waals surface area contributed by atoms with Crippen LogP contribution in [-0.2, 0) is 9.53 Å². The summed E-state index contributed by atoms with van der Waals surface area (Å²) in [5, 5.41) is 10.1. The standard InChI is InChI=1S/C10H22N2O2.C2H4O2/c1-10(2,3)14-9(13)12-8-6-4-5-7-11;1-2(3)4/h4-8,11H2,1-3H3,(H,12,13);1H3,(H,3,4). The van der Waals surface area contributed by atoms with Gasteiger partial charge >= 0.3 is 6.09 Å². The van der Waals surface area contributed by atoms with Crippen molar-refractivity contribution in [3.63, 3.8) is 0 Å². The van der Waals surface area contributed by atoms with Crippen LogP contribution in [0.3, 0.4) is 0 Å². The molecular formula is C12H26N2O4. The fraction of sp³-hybridized carbons (Fsp3) is 0.833. The fourth-order valence-corrected chi connectivity index (χ4v) is 0.951. The van der Waals surface area contributed by atoms with Crippen LogP contribution in [0, 0.1) is 0 Å². The Hall–Kier alpha value is -1.30. The van der Waals surface area contributed by atoms with Gasteiger partial charge in [-0.05, 0) is 40.2 Å². The second-order valence-corrected chi connectivity index (χ2v) is 4.80. The van der Waals surface area contributed by atoms with Crippen LogP contribution in [0.25, 0.3) is 0 Å². The van der Waals surface area contributed by atoms with E-state index in [2.05, 4.69) is 5.32 Å². The lowest BCUT2D eigenvalue weighted by Gasteiger charge is -2.19. The van der Waals surface area contributed by atoms with Gasteiger partial charge in [0.25, 0.3) is 5.97 Å². The second-order valence-electron chi connectivity index (χ2n) is 4.80. The van der Waals surface area contributed by atoms with E-state index in [1.165, 1.54) is 0 Å². The summed E-state index contributed by atoms with van der Waals surface area (Å²) in [4.78, 5) is 20.1. The molecule has 6 heteroatoms. The molecule has 1 amide bonds. The fourth-order valence-electron chi connectivity index (χ4n) is 0.951. The van der Waals surface area contributed by atoms with Gasteiger partial charge in [0.2, 0.25) is 0 Å². The number of aliphatic carboxylic acids is 1. The Morgan fingerprint density at radius 1 is 1.22 bits per heavy atom. The Morgan fingerprint density at radius 3 is 2.11 bits per heavy atom. The first-order chi connectivity index (χ1) is 8.19. The molecule has 0 aliphatic carbocycles. The van der Waals surface area contributed by atoms with Gasteiger partial charge in [-0.15, -0.1) is 0 Å². The lowest BCUT2D eigenvalue weighted by atomic mass is 10.2. The molecule has 0 heterocycles. The van der Waals surface area contributed by atoms with E-state index in [-0.39, 0.29) is 6.09 Å². The van der Waals surface area contributed by atoms with Crippen LogP contribution in [0.15, 0.2) is 0 Å². The summed E-state index contributed by atoms with van der Waals surface area (Å²) < 4.78 is 5.07. The molecule has 0 fully saturated rings. The minimum atomic E-state index is -0.833. The summed E-state index contributed by atoms with van der Waals surface area (Å²) >= 11 is 0. The van der Waals surface area contributed by atoms with E-state index in [9.17, 15) is 4.79 Å². The van der Waals surface area contributed by atoms with Gasteiger partial charge in [-0.25, -0.2) is 4.79 Å². The van der Waals surface area contributed by atoms with Gasteiger partial charge in [0.1, 0.15) is 5.60 Å². The Kier molecular flexibility index (Phi) is 11.5. The number of unbranched alkanes of at least 4 members (excludes halogenated alkanes) is 2. The molecule has 0 spiro atoms. The zero-order valence-electron chi connectivity index (χ0n) is 11.8. The van der Waals surface area contributed by atoms with Crippen molar-refractivity contribution < 1.29 is 19.4 Å². The highest BCUT2D eigenvalue weighted by Crippen LogP contribution is 2.06. The summed E-state index contributed by atoms with van der Waals surface area (Å²) in [5.74, 6) is -0.833. The van der Waals surface area contributed by atoms with E-state index < -0.39 is 11.6 Å². The maximum atomic E-state index is 11.1. The highest BCUT2D eigenvalue weighted by molar-refractivity contribution is 5.67. The molecule has 0 aromatic heterocycles. The number of carbonyl (C=O) groups is 2. The highest BCUT2D eigenvalue weighted by atomic mass is 16.6. The molecular weight excluding hydrogens is 236 g/mol. The number of carboxylic acids is 1. The average molecular weight is 262 g/mol. The minimum Gasteiger partial charge on any atom is -0.481 e. The van der Waals surface area contributed by atoms with Crippen LogP contribution in [-0.4, -0.2) is 35.9 Å². The van der Waals surface area contributed by atoms with E-state index in [0.717, 1.165) is 26.2 Å². The number of rotatable bonds is 5. The number of carboxylic acid groups (broad SMARTS) is 1. The third kappa shape index (κ3) is 24.1. The molecule has 18 heavy (non-hydrogen) atoms. The van der Waals surface area contributed by atoms with Gasteiger partial charge < -0.3 is 20.9 Å². The maximum Gasteiger partial charge on any atom is 0.407 e. The lowest BCUT2D eigenvalue weighted by Crippen LogP contribution is -2.33. The van der Waals surface area contributed by atoms with Gasteiger partial charge in [0.15, 0.2) is 0 Å². The van der Waals surface area contributed by atoms with E-state index in [4.69, 9.17) is 20.4 Å². The van der Waals surface area contributed by atoms with Gasteiger partial charge in [-0.1, -0.05) is 6.42 Å². The van der Waals surface area contributed by atoms with Crippen LogP contribution >= 0.6 is 0 Å². The molecule has 4 N–H and O–H groups in total. The summed E-state index contributed by atoms with van der Waals surface area (Å²) in [6.07, 6.45) is 2.67. The summed E-state index contributed by atoms with van der Waals surface area (Å²) in [6.45, 7) is 8.00. The van der Waals surface area contributed by atoms with Gasteiger partial charge in [-0.2, -0.15) is 0 Å². The molecule has 108 valence electrons. The van der Waals surface area contributed by atoms with Crippen LogP contribution in [0.5, 0.6) is 0 Å². The molecule has 6 nitrogen and oxygen atoms in total. The van der Waals surface area contributed by atoms with Gasteiger partial charge in [-0.3, -0.25) is 4.79 Å². The minimum absolute atomic E-state index is 0.342.